The molecule has 2 aromatic heterocycles. The Kier molecular flexibility index (Phi) is 3.99. The highest BCUT2D eigenvalue weighted by Crippen LogP contribution is 2.35. The van der Waals surface area contributed by atoms with Gasteiger partial charge >= 0.3 is 0 Å². The van der Waals surface area contributed by atoms with E-state index in [2.05, 4.69) is 16.0 Å². The van der Waals surface area contributed by atoms with E-state index >= 15 is 0 Å². The van der Waals surface area contributed by atoms with Gasteiger partial charge in [0.25, 0.3) is 0 Å². The number of aliphatic hydroxyl groups excluding tert-OH is 1. The first-order valence-electron chi connectivity index (χ1n) is 8.23. The number of primary amides is 1. The Hall–Kier alpha value is -3.82. The summed E-state index contributed by atoms with van der Waals surface area (Å²) in [6, 6.07) is 10.9. The van der Waals surface area contributed by atoms with E-state index in [0.717, 1.165) is 0 Å². The third-order valence-corrected chi connectivity index (χ3v) is 4.56. The number of benzene rings is 1. The average Bonchev–Trinajstić information content (AvgIpc) is 2.84. The Morgan fingerprint density at radius 2 is 1.93 bits per heavy atom. The van der Waals surface area contributed by atoms with Crippen molar-refractivity contribution in [3.05, 3.63) is 82.4 Å². The molecule has 6 nitrogen and oxygen atoms in total. The Morgan fingerprint density at radius 3 is 2.70 bits per heavy atom. The van der Waals surface area contributed by atoms with Crippen molar-refractivity contribution in [3.63, 3.8) is 0 Å². The second kappa shape index (κ2) is 6.48. The molecular weight excluding hydrogens is 340 g/mol. The Morgan fingerprint density at radius 1 is 1.11 bits per heavy atom. The van der Waals surface area contributed by atoms with E-state index in [-0.39, 0.29) is 0 Å². The number of nitriles is 1. The molecular formula is C21H14N4O2. The standard InChI is InChI=1S/C21H14N4O2/c22-8-12-2-1-3-17-16(12)4-5-19-18(20(17)26)7-14(11-25-19)13-6-15(21(23)27)10-24-9-13/h1-7,9-11,20,26H,(H2,23,27). The topological polar surface area (TPSA) is 113 Å². The highest BCUT2D eigenvalue weighted by molar-refractivity contribution is 5.93. The van der Waals surface area contributed by atoms with Crippen LogP contribution in [0.1, 0.15) is 44.4 Å². The molecule has 0 fully saturated rings. The lowest BCUT2D eigenvalue weighted by atomic mass is 9.94. The zero-order valence-corrected chi connectivity index (χ0v) is 14.1. The molecule has 0 saturated carbocycles. The fraction of sp³-hybridized carbons (Fsp3) is 0.0476. The van der Waals surface area contributed by atoms with E-state index in [1.54, 1.807) is 48.8 Å². The first-order valence-corrected chi connectivity index (χ1v) is 8.23. The van der Waals surface area contributed by atoms with Crippen LogP contribution < -0.4 is 5.73 Å². The molecule has 1 aromatic carbocycles. The van der Waals surface area contributed by atoms with Gasteiger partial charge in [-0.1, -0.05) is 18.2 Å². The highest BCUT2D eigenvalue weighted by atomic mass is 16.3. The molecule has 27 heavy (non-hydrogen) atoms. The number of carbonyl (C=O) groups is 1. The molecule has 0 radical (unpaired) electrons. The van der Waals surface area contributed by atoms with Crippen molar-refractivity contribution in [3.8, 4) is 17.2 Å². The number of hydrogen-bond acceptors (Lipinski definition) is 5. The Balaban J connectivity index is 1.85. The quantitative estimate of drug-likeness (QED) is 0.734. The third kappa shape index (κ3) is 2.86. The Bertz CT molecular complexity index is 1150. The van der Waals surface area contributed by atoms with Crippen LogP contribution in [0.15, 0.2) is 48.9 Å². The van der Waals surface area contributed by atoms with E-state index in [4.69, 9.17) is 5.73 Å². The molecule has 0 bridgehead atoms. The fourth-order valence-corrected chi connectivity index (χ4v) is 3.18. The van der Waals surface area contributed by atoms with Crippen LogP contribution in [0.3, 0.4) is 0 Å². The predicted octanol–water partition coefficient (Wildman–Crippen LogP) is 2.68. The number of nitrogens with two attached hydrogens (primary N) is 1. The molecule has 0 aliphatic heterocycles. The first kappa shape index (κ1) is 16.6. The molecule has 1 aliphatic carbocycles. The number of fused-ring (bicyclic) bond motifs is 2. The van der Waals surface area contributed by atoms with Crippen molar-refractivity contribution in [2.75, 3.05) is 0 Å². The van der Waals surface area contributed by atoms with Gasteiger partial charge in [-0.25, -0.2) is 0 Å². The van der Waals surface area contributed by atoms with Gasteiger partial charge in [0.2, 0.25) is 5.91 Å². The van der Waals surface area contributed by atoms with E-state index in [0.29, 0.717) is 44.6 Å². The van der Waals surface area contributed by atoms with Gasteiger partial charge in [-0.3, -0.25) is 14.8 Å². The predicted molar refractivity (Wildman–Crippen MR) is 100 cm³/mol. The minimum absolute atomic E-state index is 0.298. The summed E-state index contributed by atoms with van der Waals surface area (Å²) in [6.07, 6.45) is 7.31. The lowest BCUT2D eigenvalue weighted by molar-refractivity contribution is 0.1000. The zero-order chi connectivity index (χ0) is 19.0. The van der Waals surface area contributed by atoms with Crippen LogP contribution in [0.4, 0.5) is 0 Å². The SMILES string of the molecule is N#Cc1cccc2c1C=Cc1ncc(-c3cncc(C(N)=O)c3)cc1C2O. The second-order valence-electron chi connectivity index (χ2n) is 6.18. The van der Waals surface area contributed by atoms with Crippen molar-refractivity contribution >= 4 is 18.1 Å². The lowest BCUT2D eigenvalue weighted by Crippen LogP contribution is -2.11. The summed E-state index contributed by atoms with van der Waals surface area (Å²) in [7, 11) is 0. The van der Waals surface area contributed by atoms with Crippen LogP contribution in [0.2, 0.25) is 0 Å². The lowest BCUT2D eigenvalue weighted by Gasteiger charge is -2.15. The monoisotopic (exact) mass is 354 g/mol. The summed E-state index contributed by atoms with van der Waals surface area (Å²) in [5.41, 5.74) is 10.1. The molecule has 3 N–H and O–H groups in total. The first-order chi connectivity index (χ1) is 13.1. The van der Waals surface area contributed by atoms with Crippen LogP contribution in [0, 0.1) is 11.3 Å². The summed E-state index contributed by atoms with van der Waals surface area (Å²) in [4.78, 5) is 19.9. The van der Waals surface area contributed by atoms with Crippen LogP contribution in [-0.2, 0) is 0 Å². The molecule has 1 unspecified atom stereocenters. The van der Waals surface area contributed by atoms with E-state index in [1.807, 2.05) is 6.07 Å². The van der Waals surface area contributed by atoms with Gasteiger partial charge in [0, 0.05) is 35.3 Å². The number of aromatic nitrogens is 2. The maximum atomic E-state index is 11.4. The number of aliphatic hydroxyl groups is 1. The number of rotatable bonds is 2. The van der Waals surface area contributed by atoms with Gasteiger partial charge in [-0.2, -0.15) is 5.26 Å². The smallest absolute Gasteiger partial charge is 0.250 e. The van der Waals surface area contributed by atoms with Crippen molar-refractivity contribution in [1.82, 2.24) is 9.97 Å². The molecule has 4 rings (SSSR count). The molecule has 2 heterocycles. The van der Waals surface area contributed by atoms with Gasteiger partial charge in [0.15, 0.2) is 0 Å². The van der Waals surface area contributed by atoms with Crippen LogP contribution in [-0.4, -0.2) is 21.0 Å². The molecule has 1 atom stereocenters. The van der Waals surface area contributed by atoms with E-state index < -0.39 is 12.0 Å². The fourth-order valence-electron chi connectivity index (χ4n) is 3.18. The number of amides is 1. The maximum Gasteiger partial charge on any atom is 0.250 e. The number of nitrogens with zero attached hydrogens (tertiary/aromatic N) is 3. The van der Waals surface area contributed by atoms with Crippen LogP contribution >= 0.6 is 0 Å². The second-order valence-corrected chi connectivity index (χ2v) is 6.18. The van der Waals surface area contributed by atoms with Gasteiger partial charge in [-0.05, 0) is 35.4 Å². The van der Waals surface area contributed by atoms with Gasteiger partial charge in [0.1, 0.15) is 6.10 Å². The maximum absolute atomic E-state index is 11.4. The molecule has 130 valence electrons. The summed E-state index contributed by atoms with van der Waals surface area (Å²) in [5, 5.41) is 20.3. The van der Waals surface area contributed by atoms with Crippen molar-refractivity contribution in [2.24, 2.45) is 5.73 Å². The van der Waals surface area contributed by atoms with E-state index in [1.165, 1.54) is 6.20 Å². The van der Waals surface area contributed by atoms with E-state index in [9.17, 15) is 15.2 Å². The van der Waals surface area contributed by atoms with Crippen molar-refractivity contribution < 1.29 is 9.90 Å². The van der Waals surface area contributed by atoms with Crippen LogP contribution in [0.5, 0.6) is 0 Å². The molecule has 0 saturated heterocycles. The van der Waals surface area contributed by atoms with Gasteiger partial charge in [0.05, 0.1) is 22.9 Å². The molecule has 0 spiro atoms. The number of carbonyl (C=O) groups excluding carboxylic acids is 1. The van der Waals surface area contributed by atoms with Crippen molar-refractivity contribution in [1.29, 1.82) is 5.26 Å². The van der Waals surface area contributed by atoms with Gasteiger partial charge in [-0.15, -0.1) is 0 Å². The van der Waals surface area contributed by atoms with Gasteiger partial charge < -0.3 is 10.8 Å². The molecule has 1 aliphatic rings. The zero-order valence-electron chi connectivity index (χ0n) is 14.1. The minimum Gasteiger partial charge on any atom is -0.384 e. The normalized spacial score (nSPS) is 14.6. The molecule has 3 aromatic rings. The average molecular weight is 354 g/mol. The molecule has 1 amide bonds. The summed E-state index contributed by atoms with van der Waals surface area (Å²) in [5.74, 6) is -0.562. The summed E-state index contributed by atoms with van der Waals surface area (Å²) >= 11 is 0. The minimum atomic E-state index is -0.932. The third-order valence-electron chi connectivity index (χ3n) is 4.56. The number of pyridine rings is 2. The number of hydrogen-bond donors (Lipinski definition) is 2. The molecule has 6 heteroatoms. The largest absolute Gasteiger partial charge is 0.384 e. The van der Waals surface area contributed by atoms with Crippen LogP contribution in [0.25, 0.3) is 23.3 Å². The van der Waals surface area contributed by atoms with Crippen molar-refractivity contribution in [2.45, 2.75) is 6.10 Å². The highest BCUT2D eigenvalue weighted by Gasteiger charge is 2.22. The Labute approximate surface area is 155 Å². The summed E-state index contributed by atoms with van der Waals surface area (Å²) < 4.78 is 0. The summed E-state index contributed by atoms with van der Waals surface area (Å²) in [6.45, 7) is 0.